The van der Waals surface area contributed by atoms with Crippen LogP contribution >= 0.6 is 22.7 Å². The maximum atomic E-state index is 12.5. The van der Waals surface area contributed by atoms with Crippen molar-refractivity contribution in [1.29, 1.82) is 0 Å². The van der Waals surface area contributed by atoms with E-state index in [0.717, 1.165) is 24.2 Å². The number of hydrogen-bond donors (Lipinski definition) is 4. The summed E-state index contributed by atoms with van der Waals surface area (Å²) in [6.45, 7) is 0.809. The van der Waals surface area contributed by atoms with Gasteiger partial charge in [-0.25, -0.2) is 4.79 Å². The van der Waals surface area contributed by atoms with Crippen LogP contribution < -0.4 is 21.7 Å². The number of benzene rings is 1. The second kappa shape index (κ2) is 10.2. The summed E-state index contributed by atoms with van der Waals surface area (Å²) in [6.07, 6.45) is 0.737. The van der Waals surface area contributed by atoms with Gasteiger partial charge in [0.15, 0.2) is 0 Å². The number of nitrogens with one attached hydrogen (secondary N) is 3. The Morgan fingerprint density at radius 1 is 1.03 bits per heavy atom. The summed E-state index contributed by atoms with van der Waals surface area (Å²) in [5, 5.41) is 16.1. The molecular formula is C21H25N5O2S2. The smallest absolute Gasteiger partial charge is 0.319 e. The number of nitrogen functional groups attached to an aromatic ring is 1. The van der Waals surface area contributed by atoms with Gasteiger partial charge in [0, 0.05) is 21.7 Å². The summed E-state index contributed by atoms with van der Waals surface area (Å²) < 4.78 is 0. The normalized spacial score (nSPS) is 11.8. The van der Waals surface area contributed by atoms with E-state index in [1.165, 1.54) is 22.7 Å². The van der Waals surface area contributed by atoms with Crippen LogP contribution in [0, 0.1) is 0 Å². The first-order valence-corrected chi connectivity index (χ1v) is 11.3. The van der Waals surface area contributed by atoms with Gasteiger partial charge in [0.2, 0.25) is 0 Å². The van der Waals surface area contributed by atoms with Crippen LogP contribution in [0.2, 0.25) is 0 Å². The number of urea groups is 1. The molecule has 1 atom stereocenters. The summed E-state index contributed by atoms with van der Waals surface area (Å²) in [5.41, 5.74) is 9.22. The third-order valence-electron chi connectivity index (χ3n) is 4.46. The maximum absolute atomic E-state index is 12.5. The molecule has 2 aromatic heterocycles. The van der Waals surface area contributed by atoms with Gasteiger partial charge in [0.05, 0.1) is 23.1 Å². The lowest BCUT2D eigenvalue weighted by Crippen LogP contribution is -2.34. The highest BCUT2D eigenvalue weighted by Gasteiger charge is 2.16. The molecule has 0 aliphatic carbocycles. The molecule has 0 spiro atoms. The van der Waals surface area contributed by atoms with E-state index in [0.29, 0.717) is 16.9 Å². The highest BCUT2D eigenvalue weighted by atomic mass is 32.1. The average Bonchev–Trinajstić information content (AvgIpc) is 3.37. The number of amides is 3. The highest BCUT2D eigenvalue weighted by Crippen LogP contribution is 2.24. The predicted molar refractivity (Wildman–Crippen MR) is 126 cm³/mol. The zero-order valence-corrected chi connectivity index (χ0v) is 18.5. The lowest BCUT2D eigenvalue weighted by molar-refractivity contribution is 0.102. The average molecular weight is 444 g/mol. The van der Waals surface area contributed by atoms with Crippen LogP contribution in [0.4, 0.5) is 21.9 Å². The Labute approximate surface area is 183 Å². The summed E-state index contributed by atoms with van der Waals surface area (Å²) in [6, 6.07) is 8.67. The van der Waals surface area contributed by atoms with Crippen molar-refractivity contribution in [2.45, 2.75) is 12.5 Å². The SMILES string of the molecule is CN(C)CCC(NC(=O)Nc1ccsc1)c1ccc(C(=O)Nc2cscc2N)cc1. The Bertz CT molecular complexity index is 968. The van der Waals surface area contributed by atoms with E-state index in [1.54, 1.807) is 22.9 Å². The predicted octanol–water partition coefficient (Wildman–Crippen LogP) is 4.46. The van der Waals surface area contributed by atoms with E-state index in [1.807, 2.05) is 43.1 Å². The van der Waals surface area contributed by atoms with Gasteiger partial charge < -0.3 is 26.6 Å². The van der Waals surface area contributed by atoms with E-state index in [9.17, 15) is 9.59 Å². The first-order chi connectivity index (χ1) is 14.4. The summed E-state index contributed by atoms with van der Waals surface area (Å²) >= 11 is 2.96. The third kappa shape index (κ3) is 6.06. The minimum absolute atomic E-state index is 0.185. The second-order valence-electron chi connectivity index (χ2n) is 7.07. The Kier molecular flexibility index (Phi) is 7.45. The number of thiophene rings is 2. The van der Waals surface area contributed by atoms with Gasteiger partial charge in [0.1, 0.15) is 0 Å². The molecule has 0 aliphatic rings. The van der Waals surface area contributed by atoms with Crippen molar-refractivity contribution in [2.75, 3.05) is 37.0 Å². The maximum Gasteiger partial charge on any atom is 0.319 e. The second-order valence-corrected chi connectivity index (χ2v) is 8.60. The third-order valence-corrected chi connectivity index (χ3v) is 5.91. The van der Waals surface area contributed by atoms with Crippen LogP contribution in [0.1, 0.15) is 28.4 Å². The molecule has 3 aromatic rings. The van der Waals surface area contributed by atoms with Crippen LogP contribution in [0.3, 0.4) is 0 Å². The van der Waals surface area contributed by atoms with Gasteiger partial charge in [0.25, 0.3) is 5.91 Å². The van der Waals surface area contributed by atoms with Crippen molar-refractivity contribution in [3.63, 3.8) is 0 Å². The zero-order valence-electron chi connectivity index (χ0n) is 16.8. The van der Waals surface area contributed by atoms with E-state index in [4.69, 9.17) is 5.73 Å². The standard InChI is InChI=1S/C21H25N5O2S2/c1-26(2)9-7-18(25-21(28)23-16-8-10-29-11-16)14-3-5-15(6-4-14)20(27)24-19-13-30-12-17(19)22/h3-6,8,10-13,18H,7,9,22H2,1-2H3,(H,24,27)(H2,23,25,28). The molecule has 3 rings (SSSR count). The van der Waals surface area contributed by atoms with Crippen LogP contribution in [0.5, 0.6) is 0 Å². The summed E-state index contributed by atoms with van der Waals surface area (Å²) in [7, 11) is 3.98. The quantitative estimate of drug-likeness (QED) is 0.413. The number of carbonyl (C=O) groups excluding carboxylic acids is 2. The van der Waals surface area contributed by atoms with E-state index >= 15 is 0 Å². The fourth-order valence-electron chi connectivity index (χ4n) is 2.84. The Morgan fingerprint density at radius 3 is 2.40 bits per heavy atom. The van der Waals surface area contributed by atoms with Crippen molar-refractivity contribution in [3.05, 3.63) is 63.0 Å². The number of rotatable bonds is 8. The van der Waals surface area contributed by atoms with Crippen molar-refractivity contribution < 1.29 is 9.59 Å². The molecule has 0 saturated heterocycles. The number of nitrogens with zero attached hydrogens (tertiary/aromatic N) is 1. The molecule has 7 nitrogen and oxygen atoms in total. The molecule has 0 aliphatic heterocycles. The molecule has 30 heavy (non-hydrogen) atoms. The Hall–Kier alpha value is -2.88. The van der Waals surface area contributed by atoms with Gasteiger partial charge in [-0.3, -0.25) is 4.79 Å². The lowest BCUT2D eigenvalue weighted by atomic mass is 10.0. The van der Waals surface area contributed by atoms with Crippen LogP contribution in [0.15, 0.2) is 51.9 Å². The van der Waals surface area contributed by atoms with Crippen LogP contribution in [-0.2, 0) is 0 Å². The van der Waals surface area contributed by atoms with Gasteiger partial charge in [-0.2, -0.15) is 11.3 Å². The van der Waals surface area contributed by atoms with Gasteiger partial charge in [-0.05, 0) is 56.2 Å². The van der Waals surface area contributed by atoms with Gasteiger partial charge in [-0.15, -0.1) is 11.3 Å². The molecule has 5 N–H and O–H groups in total. The minimum atomic E-state index is -0.257. The number of nitrogens with two attached hydrogens (primary N) is 1. The largest absolute Gasteiger partial charge is 0.396 e. The van der Waals surface area contributed by atoms with Crippen LogP contribution in [-0.4, -0.2) is 37.5 Å². The molecule has 2 heterocycles. The first-order valence-electron chi connectivity index (χ1n) is 9.40. The first kappa shape index (κ1) is 21.8. The summed E-state index contributed by atoms with van der Waals surface area (Å²) in [5.74, 6) is -0.223. The molecular weight excluding hydrogens is 418 g/mol. The van der Waals surface area contributed by atoms with E-state index in [2.05, 4.69) is 20.9 Å². The Morgan fingerprint density at radius 2 is 1.80 bits per heavy atom. The molecule has 1 aromatic carbocycles. The molecule has 0 saturated carbocycles. The number of carbonyl (C=O) groups is 2. The molecule has 3 amide bonds. The minimum Gasteiger partial charge on any atom is -0.396 e. The van der Waals surface area contributed by atoms with E-state index in [-0.39, 0.29) is 18.0 Å². The van der Waals surface area contributed by atoms with Crippen molar-refractivity contribution in [2.24, 2.45) is 0 Å². The molecule has 0 radical (unpaired) electrons. The fraction of sp³-hybridized carbons (Fsp3) is 0.238. The topological polar surface area (TPSA) is 99.5 Å². The molecule has 0 fully saturated rings. The number of hydrogen-bond acceptors (Lipinski definition) is 6. The zero-order chi connectivity index (χ0) is 21.5. The molecule has 9 heteroatoms. The van der Waals surface area contributed by atoms with Gasteiger partial charge in [-0.1, -0.05) is 12.1 Å². The molecule has 1 unspecified atom stereocenters. The lowest BCUT2D eigenvalue weighted by Gasteiger charge is -2.21. The van der Waals surface area contributed by atoms with Gasteiger partial charge >= 0.3 is 6.03 Å². The number of anilines is 3. The summed E-state index contributed by atoms with van der Waals surface area (Å²) in [4.78, 5) is 27.0. The van der Waals surface area contributed by atoms with Crippen molar-refractivity contribution in [3.8, 4) is 0 Å². The van der Waals surface area contributed by atoms with Crippen LogP contribution in [0.25, 0.3) is 0 Å². The van der Waals surface area contributed by atoms with Crippen molar-refractivity contribution >= 4 is 51.7 Å². The monoisotopic (exact) mass is 443 g/mol. The van der Waals surface area contributed by atoms with Crippen molar-refractivity contribution in [1.82, 2.24) is 10.2 Å². The Balaban J connectivity index is 1.68. The highest BCUT2D eigenvalue weighted by molar-refractivity contribution is 7.09. The molecule has 158 valence electrons. The fourth-order valence-corrected chi connectivity index (χ4v) is 4.10. The van der Waals surface area contributed by atoms with E-state index < -0.39 is 0 Å². The molecule has 0 bridgehead atoms.